The predicted octanol–water partition coefficient (Wildman–Crippen LogP) is 2.36. The zero-order chi connectivity index (χ0) is 16.4. The SMILES string of the molecule is O=c1[nH]c2ccccc2n1C1CCN(CCC2CCNCC2)CC1. The van der Waals surface area contributed by atoms with Gasteiger partial charge in [0.1, 0.15) is 0 Å². The summed E-state index contributed by atoms with van der Waals surface area (Å²) in [5.41, 5.74) is 2.05. The number of fused-ring (bicyclic) bond motifs is 1. The molecule has 2 aliphatic heterocycles. The van der Waals surface area contributed by atoms with E-state index in [0.717, 1.165) is 42.9 Å². The highest BCUT2D eigenvalue weighted by molar-refractivity contribution is 5.75. The molecule has 5 nitrogen and oxygen atoms in total. The van der Waals surface area contributed by atoms with Crippen molar-refractivity contribution in [3.8, 4) is 0 Å². The predicted molar refractivity (Wildman–Crippen MR) is 97.5 cm³/mol. The van der Waals surface area contributed by atoms with Crippen LogP contribution in [0.5, 0.6) is 0 Å². The van der Waals surface area contributed by atoms with Gasteiger partial charge in [-0.2, -0.15) is 0 Å². The number of aromatic amines is 1. The molecule has 2 fully saturated rings. The first-order valence-electron chi connectivity index (χ1n) is 9.43. The minimum Gasteiger partial charge on any atom is -0.317 e. The van der Waals surface area contributed by atoms with Gasteiger partial charge in [-0.3, -0.25) is 4.57 Å². The van der Waals surface area contributed by atoms with Crippen LogP contribution >= 0.6 is 0 Å². The highest BCUT2D eigenvalue weighted by Gasteiger charge is 2.24. The molecule has 0 bridgehead atoms. The van der Waals surface area contributed by atoms with E-state index < -0.39 is 0 Å². The van der Waals surface area contributed by atoms with Gasteiger partial charge < -0.3 is 15.2 Å². The van der Waals surface area contributed by atoms with Gasteiger partial charge in [-0.15, -0.1) is 0 Å². The molecule has 2 aromatic rings. The zero-order valence-electron chi connectivity index (χ0n) is 14.3. The van der Waals surface area contributed by atoms with Crippen LogP contribution in [-0.4, -0.2) is 47.2 Å². The van der Waals surface area contributed by atoms with Crippen molar-refractivity contribution in [2.45, 2.75) is 38.1 Å². The summed E-state index contributed by atoms with van der Waals surface area (Å²) in [6, 6.07) is 8.37. The molecule has 0 saturated carbocycles. The lowest BCUT2D eigenvalue weighted by Crippen LogP contribution is -2.38. The summed E-state index contributed by atoms with van der Waals surface area (Å²) >= 11 is 0. The fourth-order valence-corrected chi connectivity index (χ4v) is 4.37. The lowest BCUT2D eigenvalue weighted by Gasteiger charge is -2.34. The van der Waals surface area contributed by atoms with Crippen molar-refractivity contribution in [1.29, 1.82) is 0 Å². The molecule has 5 heteroatoms. The third-order valence-corrected chi connectivity index (χ3v) is 5.86. The maximum atomic E-state index is 12.3. The molecule has 130 valence electrons. The Kier molecular flexibility index (Phi) is 4.72. The normalized spacial score (nSPS) is 21.5. The molecule has 1 aromatic carbocycles. The van der Waals surface area contributed by atoms with Crippen LogP contribution < -0.4 is 11.0 Å². The van der Waals surface area contributed by atoms with Gasteiger partial charge in [-0.1, -0.05) is 12.1 Å². The Balaban J connectivity index is 1.35. The number of H-pyrrole nitrogens is 1. The second-order valence-electron chi connectivity index (χ2n) is 7.37. The van der Waals surface area contributed by atoms with Gasteiger partial charge in [0.15, 0.2) is 0 Å². The number of piperidine rings is 2. The molecule has 2 aliphatic rings. The number of hydrogen-bond acceptors (Lipinski definition) is 3. The first-order valence-corrected chi connectivity index (χ1v) is 9.43. The standard InChI is InChI=1S/C19H28N4O/c24-19-21-17-3-1-2-4-18(17)23(19)16-8-13-22(14-9-16)12-7-15-5-10-20-11-6-15/h1-4,15-16,20H,5-14H2,(H,21,24). The van der Waals surface area contributed by atoms with E-state index in [2.05, 4.69) is 21.3 Å². The molecule has 0 amide bonds. The van der Waals surface area contributed by atoms with Gasteiger partial charge in [0.05, 0.1) is 11.0 Å². The van der Waals surface area contributed by atoms with Gasteiger partial charge in [0.2, 0.25) is 0 Å². The van der Waals surface area contributed by atoms with Crippen LogP contribution in [0.2, 0.25) is 0 Å². The van der Waals surface area contributed by atoms with Gasteiger partial charge in [0, 0.05) is 19.1 Å². The summed E-state index contributed by atoms with van der Waals surface area (Å²) in [6.45, 7) is 5.83. The van der Waals surface area contributed by atoms with Gasteiger partial charge in [-0.05, 0) is 69.8 Å². The molecule has 0 aliphatic carbocycles. The smallest absolute Gasteiger partial charge is 0.317 e. The van der Waals surface area contributed by atoms with Crippen LogP contribution in [0.4, 0.5) is 0 Å². The lowest BCUT2D eigenvalue weighted by atomic mass is 9.94. The first kappa shape index (κ1) is 15.9. The molecule has 24 heavy (non-hydrogen) atoms. The number of hydrogen-bond donors (Lipinski definition) is 2. The zero-order valence-corrected chi connectivity index (χ0v) is 14.3. The van der Waals surface area contributed by atoms with Crippen LogP contribution in [0, 0.1) is 5.92 Å². The Hall–Kier alpha value is -1.59. The number of nitrogens with one attached hydrogen (secondary N) is 2. The molecule has 0 radical (unpaired) electrons. The second kappa shape index (κ2) is 7.11. The number of imidazole rings is 1. The Labute approximate surface area is 143 Å². The number of benzene rings is 1. The summed E-state index contributed by atoms with van der Waals surface area (Å²) in [5, 5.41) is 3.45. The Morgan fingerprint density at radius 1 is 1.04 bits per heavy atom. The minimum absolute atomic E-state index is 0.0457. The van der Waals surface area contributed by atoms with E-state index in [4.69, 9.17) is 0 Å². The molecular formula is C19H28N4O. The van der Waals surface area contributed by atoms with Crippen molar-refractivity contribution in [3.05, 3.63) is 34.7 Å². The second-order valence-corrected chi connectivity index (χ2v) is 7.37. The van der Waals surface area contributed by atoms with E-state index in [1.54, 1.807) is 0 Å². The van der Waals surface area contributed by atoms with Crippen molar-refractivity contribution in [3.63, 3.8) is 0 Å². The number of nitrogens with zero attached hydrogens (tertiary/aromatic N) is 2. The number of rotatable bonds is 4. The van der Waals surface area contributed by atoms with Crippen LogP contribution in [0.15, 0.2) is 29.1 Å². The summed E-state index contributed by atoms with van der Waals surface area (Å²) in [6.07, 6.45) is 6.16. The number of aromatic nitrogens is 2. The first-order chi connectivity index (χ1) is 11.8. The lowest BCUT2D eigenvalue weighted by molar-refractivity contribution is 0.171. The van der Waals surface area contributed by atoms with E-state index in [1.807, 2.05) is 22.8 Å². The molecule has 0 atom stereocenters. The topological polar surface area (TPSA) is 53.1 Å². The third-order valence-electron chi connectivity index (χ3n) is 5.86. The molecule has 4 rings (SSSR count). The molecule has 3 heterocycles. The van der Waals surface area contributed by atoms with Crippen LogP contribution in [0.25, 0.3) is 11.0 Å². The summed E-state index contributed by atoms with van der Waals surface area (Å²) in [4.78, 5) is 17.9. The highest BCUT2D eigenvalue weighted by atomic mass is 16.1. The fraction of sp³-hybridized carbons (Fsp3) is 0.632. The molecule has 2 saturated heterocycles. The van der Waals surface area contributed by atoms with Crippen molar-refractivity contribution in [2.24, 2.45) is 5.92 Å². The summed E-state index contributed by atoms with van der Waals surface area (Å²) in [5.74, 6) is 0.903. The van der Waals surface area contributed by atoms with Crippen molar-refractivity contribution >= 4 is 11.0 Å². The maximum absolute atomic E-state index is 12.3. The van der Waals surface area contributed by atoms with Crippen LogP contribution in [0.1, 0.15) is 38.1 Å². The monoisotopic (exact) mass is 328 g/mol. The maximum Gasteiger partial charge on any atom is 0.326 e. The molecule has 0 spiro atoms. The van der Waals surface area contributed by atoms with Gasteiger partial charge in [0.25, 0.3) is 0 Å². The van der Waals surface area contributed by atoms with E-state index in [9.17, 15) is 4.79 Å². The molecule has 2 N–H and O–H groups in total. The van der Waals surface area contributed by atoms with E-state index in [1.165, 1.54) is 38.9 Å². The van der Waals surface area contributed by atoms with E-state index in [-0.39, 0.29) is 5.69 Å². The van der Waals surface area contributed by atoms with E-state index >= 15 is 0 Å². The molecular weight excluding hydrogens is 300 g/mol. The Bertz CT molecular complexity index is 720. The van der Waals surface area contributed by atoms with E-state index in [0.29, 0.717) is 6.04 Å². The number of likely N-dealkylation sites (tertiary alicyclic amines) is 1. The largest absolute Gasteiger partial charge is 0.326 e. The highest BCUT2D eigenvalue weighted by Crippen LogP contribution is 2.25. The van der Waals surface area contributed by atoms with Crippen molar-refractivity contribution in [1.82, 2.24) is 19.8 Å². The average molecular weight is 328 g/mol. The Morgan fingerprint density at radius 2 is 1.79 bits per heavy atom. The van der Waals surface area contributed by atoms with Crippen LogP contribution in [0.3, 0.4) is 0 Å². The van der Waals surface area contributed by atoms with Crippen LogP contribution in [-0.2, 0) is 0 Å². The van der Waals surface area contributed by atoms with Crippen molar-refractivity contribution < 1.29 is 0 Å². The quantitative estimate of drug-likeness (QED) is 0.906. The fourth-order valence-electron chi connectivity index (χ4n) is 4.37. The van der Waals surface area contributed by atoms with Gasteiger partial charge in [-0.25, -0.2) is 4.79 Å². The molecule has 1 aromatic heterocycles. The van der Waals surface area contributed by atoms with Crippen molar-refractivity contribution in [2.75, 3.05) is 32.7 Å². The average Bonchev–Trinajstić information content (AvgIpc) is 2.97. The minimum atomic E-state index is 0.0457. The Morgan fingerprint density at radius 3 is 2.58 bits per heavy atom. The summed E-state index contributed by atoms with van der Waals surface area (Å²) in [7, 11) is 0. The molecule has 0 unspecified atom stereocenters. The number of para-hydroxylation sites is 2. The summed E-state index contributed by atoms with van der Waals surface area (Å²) < 4.78 is 1.99. The third kappa shape index (κ3) is 3.28. The van der Waals surface area contributed by atoms with Gasteiger partial charge >= 0.3 is 5.69 Å².